The summed E-state index contributed by atoms with van der Waals surface area (Å²) in [4.78, 5) is 4.00. The molecule has 3 N–H and O–H groups in total. The Bertz CT molecular complexity index is 522. The quantitative estimate of drug-likeness (QED) is 0.879. The summed E-state index contributed by atoms with van der Waals surface area (Å²) in [6.07, 6.45) is 6.06. The van der Waals surface area contributed by atoms with Crippen molar-refractivity contribution in [2.45, 2.75) is 44.3 Å². The second-order valence-electron chi connectivity index (χ2n) is 4.83. The van der Waals surface area contributed by atoms with Crippen molar-refractivity contribution in [3.8, 4) is 0 Å². The van der Waals surface area contributed by atoms with Crippen LogP contribution in [-0.4, -0.2) is 18.7 Å². The average molecular weight is 269 g/mol. The zero-order chi connectivity index (χ0) is 13.2. The van der Waals surface area contributed by atoms with Gasteiger partial charge >= 0.3 is 0 Å². The van der Waals surface area contributed by atoms with Crippen molar-refractivity contribution >= 4 is 21.5 Å². The van der Waals surface area contributed by atoms with Crippen LogP contribution in [0.3, 0.4) is 0 Å². The topological polar surface area (TPSA) is 85.1 Å². The van der Waals surface area contributed by atoms with Gasteiger partial charge in [0.2, 0.25) is 10.0 Å². The van der Waals surface area contributed by atoms with Gasteiger partial charge in [0.15, 0.2) is 0 Å². The van der Waals surface area contributed by atoms with E-state index >= 15 is 0 Å². The third kappa shape index (κ3) is 2.93. The summed E-state index contributed by atoms with van der Waals surface area (Å²) in [5, 5.41) is -0.286. The lowest BCUT2D eigenvalue weighted by atomic mass is 10.0. The van der Waals surface area contributed by atoms with Crippen LogP contribution >= 0.6 is 0 Å². The Morgan fingerprint density at radius 3 is 2.61 bits per heavy atom. The van der Waals surface area contributed by atoms with Gasteiger partial charge in [0.25, 0.3) is 0 Å². The molecule has 1 aliphatic carbocycles. The second kappa shape index (κ2) is 5.14. The van der Waals surface area contributed by atoms with Crippen LogP contribution in [0.25, 0.3) is 0 Å². The van der Waals surface area contributed by atoms with Crippen LogP contribution in [0, 0.1) is 6.92 Å². The van der Waals surface area contributed by atoms with Crippen LogP contribution in [0.4, 0.5) is 11.5 Å². The van der Waals surface area contributed by atoms with Gasteiger partial charge in [-0.25, -0.2) is 13.4 Å². The smallest absolute Gasteiger partial charge is 0.236 e. The van der Waals surface area contributed by atoms with Crippen molar-refractivity contribution in [3.63, 3.8) is 0 Å². The summed E-state index contributed by atoms with van der Waals surface area (Å²) in [7, 11) is -3.32. The first-order chi connectivity index (χ1) is 8.49. The monoisotopic (exact) mass is 269 g/mol. The SMILES string of the molecule is Cc1cc(NS(=O)(=O)C2CCCCC2)ncc1N. The zero-order valence-electron chi connectivity index (χ0n) is 10.5. The predicted molar refractivity (Wildman–Crippen MR) is 72.8 cm³/mol. The normalized spacial score (nSPS) is 17.6. The molecule has 0 radical (unpaired) electrons. The van der Waals surface area contributed by atoms with Crippen LogP contribution in [0.5, 0.6) is 0 Å². The molecular formula is C12H19N3O2S. The third-order valence-electron chi connectivity index (χ3n) is 3.39. The van der Waals surface area contributed by atoms with E-state index in [2.05, 4.69) is 9.71 Å². The third-order valence-corrected chi connectivity index (χ3v) is 5.23. The molecule has 0 atom stereocenters. The fourth-order valence-electron chi connectivity index (χ4n) is 2.23. The van der Waals surface area contributed by atoms with Crippen LogP contribution < -0.4 is 10.5 Å². The summed E-state index contributed by atoms with van der Waals surface area (Å²) < 4.78 is 26.9. The molecule has 0 saturated heterocycles. The summed E-state index contributed by atoms with van der Waals surface area (Å²) in [5.41, 5.74) is 7.05. The lowest BCUT2D eigenvalue weighted by Gasteiger charge is -2.22. The summed E-state index contributed by atoms with van der Waals surface area (Å²) in [6, 6.07) is 1.66. The molecule has 1 aromatic heterocycles. The number of anilines is 2. The Hall–Kier alpha value is -1.30. The molecule has 2 rings (SSSR count). The molecule has 5 nitrogen and oxygen atoms in total. The van der Waals surface area contributed by atoms with E-state index in [1.807, 2.05) is 6.92 Å². The minimum Gasteiger partial charge on any atom is -0.397 e. The Kier molecular flexibility index (Phi) is 3.75. The van der Waals surface area contributed by atoms with E-state index < -0.39 is 10.0 Å². The molecule has 18 heavy (non-hydrogen) atoms. The van der Waals surface area contributed by atoms with E-state index in [1.165, 1.54) is 6.20 Å². The van der Waals surface area contributed by atoms with Gasteiger partial charge in [-0.05, 0) is 31.4 Å². The Morgan fingerprint density at radius 2 is 2.00 bits per heavy atom. The fraction of sp³-hybridized carbons (Fsp3) is 0.583. The highest BCUT2D eigenvalue weighted by molar-refractivity contribution is 7.93. The number of hydrogen-bond donors (Lipinski definition) is 2. The van der Waals surface area contributed by atoms with E-state index in [1.54, 1.807) is 6.07 Å². The highest BCUT2D eigenvalue weighted by atomic mass is 32.2. The van der Waals surface area contributed by atoms with Gasteiger partial charge in [0, 0.05) is 0 Å². The first-order valence-corrected chi connectivity index (χ1v) is 7.77. The van der Waals surface area contributed by atoms with E-state index in [9.17, 15) is 8.42 Å². The lowest BCUT2D eigenvalue weighted by molar-refractivity contribution is 0.486. The molecule has 1 saturated carbocycles. The maximum Gasteiger partial charge on any atom is 0.236 e. The number of nitrogen functional groups attached to an aromatic ring is 1. The van der Waals surface area contributed by atoms with E-state index in [4.69, 9.17) is 5.73 Å². The Labute approximate surface area is 108 Å². The molecule has 1 aliphatic rings. The van der Waals surface area contributed by atoms with Crippen molar-refractivity contribution in [1.82, 2.24) is 4.98 Å². The molecule has 0 spiro atoms. The highest BCUT2D eigenvalue weighted by Gasteiger charge is 2.27. The number of pyridine rings is 1. The van der Waals surface area contributed by atoms with Gasteiger partial charge < -0.3 is 5.73 Å². The van der Waals surface area contributed by atoms with Gasteiger partial charge in [0.05, 0.1) is 17.1 Å². The molecule has 0 aromatic carbocycles. The molecular weight excluding hydrogens is 250 g/mol. The summed E-state index contributed by atoms with van der Waals surface area (Å²) in [6.45, 7) is 1.83. The summed E-state index contributed by atoms with van der Waals surface area (Å²) >= 11 is 0. The van der Waals surface area contributed by atoms with Gasteiger partial charge in [0.1, 0.15) is 5.82 Å². The predicted octanol–water partition coefficient (Wildman–Crippen LogP) is 2.05. The molecule has 0 aliphatic heterocycles. The molecule has 100 valence electrons. The first kappa shape index (κ1) is 13.1. The molecule has 0 bridgehead atoms. The standard InChI is InChI=1S/C12H19N3O2S/c1-9-7-12(14-8-11(9)13)15-18(16,17)10-5-3-2-4-6-10/h7-8,10H,2-6,13H2,1H3,(H,14,15). The Balaban J connectivity index is 2.13. The van der Waals surface area contributed by atoms with Crippen molar-refractivity contribution < 1.29 is 8.42 Å². The number of rotatable bonds is 3. The van der Waals surface area contributed by atoms with Crippen LogP contribution in [0.1, 0.15) is 37.7 Å². The molecule has 6 heteroatoms. The van der Waals surface area contributed by atoms with Crippen molar-refractivity contribution in [1.29, 1.82) is 0 Å². The number of nitrogens with zero attached hydrogens (tertiary/aromatic N) is 1. The van der Waals surface area contributed by atoms with Crippen molar-refractivity contribution in [2.75, 3.05) is 10.5 Å². The average Bonchev–Trinajstić information content (AvgIpc) is 2.35. The molecule has 1 aromatic rings. The largest absolute Gasteiger partial charge is 0.397 e. The van der Waals surface area contributed by atoms with Gasteiger partial charge in [-0.3, -0.25) is 4.72 Å². The van der Waals surface area contributed by atoms with Crippen LogP contribution in [0.2, 0.25) is 0 Å². The van der Waals surface area contributed by atoms with Gasteiger partial charge in [-0.2, -0.15) is 0 Å². The number of aromatic nitrogens is 1. The van der Waals surface area contributed by atoms with E-state index in [0.29, 0.717) is 11.5 Å². The van der Waals surface area contributed by atoms with Crippen molar-refractivity contribution in [3.05, 3.63) is 17.8 Å². The lowest BCUT2D eigenvalue weighted by Crippen LogP contribution is -2.30. The first-order valence-electron chi connectivity index (χ1n) is 6.23. The van der Waals surface area contributed by atoms with Crippen LogP contribution in [0.15, 0.2) is 12.3 Å². The molecule has 1 fully saturated rings. The fourth-order valence-corrected chi connectivity index (χ4v) is 3.75. The maximum absolute atomic E-state index is 12.2. The minimum absolute atomic E-state index is 0.286. The number of nitrogens with one attached hydrogen (secondary N) is 1. The molecule has 0 unspecified atom stereocenters. The van der Waals surface area contributed by atoms with Gasteiger partial charge in [-0.1, -0.05) is 19.3 Å². The number of sulfonamides is 1. The number of aryl methyl sites for hydroxylation is 1. The van der Waals surface area contributed by atoms with Gasteiger partial charge in [-0.15, -0.1) is 0 Å². The van der Waals surface area contributed by atoms with E-state index in [0.717, 1.165) is 37.7 Å². The maximum atomic E-state index is 12.2. The van der Waals surface area contributed by atoms with Crippen LogP contribution in [-0.2, 0) is 10.0 Å². The van der Waals surface area contributed by atoms with Crippen molar-refractivity contribution in [2.24, 2.45) is 0 Å². The zero-order valence-corrected chi connectivity index (χ0v) is 11.3. The molecule has 1 heterocycles. The second-order valence-corrected chi connectivity index (χ2v) is 6.79. The summed E-state index contributed by atoms with van der Waals surface area (Å²) in [5.74, 6) is 0.354. The van der Waals surface area contributed by atoms with E-state index in [-0.39, 0.29) is 5.25 Å². The minimum atomic E-state index is -3.32. The molecule has 0 amide bonds. The number of nitrogens with two attached hydrogens (primary N) is 1. The number of hydrogen-bond acceptors (Lipinski definition) is 4. The Morgan fingerprint density at radius 1 is 1.33 bits per heavy atom. The highest BCUT2D eigenvalue weighted by Crippen LogP contribution is 2.25.